The van der Waals surface area contributed by atoms with Crippen LogP contribution in [0.1, 0.15) is 11.4 Å². The normalized spacial score (nSPS) is 15.0. The number of hydrogen-bond acceptors (Lipinski definition) is 6. The van der Waals surface area contributed by atoms with Crippen LogP contribution in [0.3, 0.4) is 0 Å². The SMILES string of the molecule is N#C/C(=C(/O)c1ccccc1F)c1nnc(N2CCOCC2)n1-c1ccccc1. The van der Waals surface area contributed by atoms with Crippen molar-refractivity contribution in [2.45, 2.75) is 0 Å². The zero-order valence-electron chi connectivity index (χ0n) is 15.5. The fourth-order valence-corrected chi connectivity index (χ4v) is 3.22. The fourth-order valence-electron chi connectivity index (χ4n) is 3.22. The van der Waals surface area contributed by atoms with E-state index >= 15 is 0 Å². The molecule has 2 heterocycles. The van der Waals surface area contributed by atoms with Gasteiger partial charge < -0.3 is 14.7 Å². The van der Waals surface area contributed by atoms with E-state index in [1.807, 2.05) is 41.3 Å². The summed E-state index contributed by atoms with van der Waals surface area (Å²) in [7, 11) is 0. The first kappa shape index (κ1) is 18.7. The van der Waals surface area contributed by atoms with Crippen molar-refractivity contribution in [3.05, 3.63) is 71.8 Å². The third kappa shape index (κ3) is 3.56. The van der Waals surface area contributed by atoms with E-state index in [0.717, 1.165) is 5.69 Å². The third-order valence-corrected chi connectivity index (χ3v) is 4.66. The summed E-state index contributed by atoms with van der Waals surface area (Å²) in [5.41, 5.74) is 0.494. The monoisotopic (exact) mass is 391 g/mol. The van der Waals surface area contributed by atoms with Crippen LogP contribution in [-0.2, 0) is 4.74 Å². The molecule has 1 fully saturated rings. The highest BCUT2D eigenvalue weighted by Gasteiger charge is 2.26. The van der Waals surface area contributed by atoms with E-state index in [-0.39, 0.29) is 17.0 Å². The van der Waals surface area contributed by atoms with Crippen LogP contribution in [-0.4, -0.2) is 46.2 Å². The summed E-state index contributed by atoms with van der Waals surface area (Å²) in [4.78, 5) is 2.00. The lowest BCUT2D eigenvalue weighted by molar-refractivity contribution is 0.122. The first-order valence-corrected chi connectivity index (χ1v) is 9.13. The van der Waals surface area contributed by atoms with Crippen LogP contribution in [0.4, 0.5) is 10.3 Å². The zero-order valence-corrected chi connectivity index (χ0v) is 15.5. The standard InChI is InChI=1S/C21H18FN5O2/c22-18-9-5-4-8-16(18)19(28)17(14-23)20-24-25-21(26-10-12-29-13-11-26)27(20)15-6-2-1-3-7-15/h1-9,28H,10-13H2/b19-17-. The van der Waals surface area contributed by atoms with Crippen LogP contribution < -0.4 is 4.90 Å². The topological polar surface area (TPSA) is 87.2 Å². The second kappa shape index (κ2) is 8.12. The number of morpholine rings is 1. The molecular formula is C21H18FN5O2. The number of benzene rings is 2. The van der Waals surface area contributed by atoms with Crippen LogP contribution in [0.25, 0.3) is 17.0 Å². The summed E-state index contributed by atoms with van der Waals surface area (Å²) >= 11 is 0. The Hall–Kier alpha value is -3.70. The minimum absolute atomic E-state index is 0.0698. The van der Waals surface area contributed by atoms with Crippen molar-refractivity contribution in [2.24, 2.45) is 0 Å². The van der Waals surface area contributed by atoms with Gasteiger partial charge in [0, 0.05) is 13.1 Å². The predicted octanol–water partition coefficient (Wildman–Crippen LogP) is 3.19. The van der Waals surface area contributed by atoms with Crippen molar-refractivity contribution in [3.63, 3.8) is 0 Å². The Morgan fingerprint density at radius 3 is 2.41 bits per heavy atom. The van der Waals surface area contributed by atoms with Gasteiger partial charge in [0.25, 0.3) is 0 Å². The number of para-hydroxylation sites is 1. The molecular weight excluding hydrogens is 373 g/mol. The molecule has 0 bridgehead atoms. The molecule has 0 unspecified atom stereocenters. The number of nitriles is 1. The second-order valence-corrected chi connectivity index (χ2v) is 6.41. The minimum Gasteiger partial charge on any atom is -0.506 e. The Bertz CT molecular complexity index is 1080. The molecule has 2 aromatic carbocycles. The number of halogens is 1. The molecule has 7 nitrogen and oxygen atoms in total. The molecule has 0 atom stereocenters. The van der Waals surface area contributed by atoms with Crippen molar-refractivity contribution in [2.75, 3.05) is 31.2 Å². The van der Waals surface area contributed by atoms with Crippen molar-refractivity contribution in [1.82, 2.24) is 14.8 Å². The molecule has 1 aliphatic heterocycles. The summed E-state index contributed by atoms with van der Waals surface area (Å²) in [5.74, 6) is -0.440. The van der Waals surface area contributed by atoms with Crippen molar-refractivity contribution < 1.29 is 14.2 Å². The molecule has 0 aliphatic carbocycles. The molecule has 1 aliphatic rings. The largest absolute Gasteiger partial charge is 0.506 e. The molecule has 0 radical (unpaired) electrons. The number of ether oxygens (including phenoxy) is 1. The zero-order chi connectivity index (χ0) is 20.2. The van der Waals surface area contributed by atoms with Gasteiger partial charge in [0.2, 0.25) is 5.95 Å². The van der Waals surface area contributed by atoms with Gasteiger partial charge in [0.1, 0.15) is 23.2 Å². The Morgan fingerprint density at radius 1 is 1.03 bits per heavy atom. The second-order valence-electron chi connectivity index (χ2n) is 6.41. The average molecular weight is 391 g/mol. The molecule has 0 spiro atoms. The lowest BCUT2D eigenvalue weighted by Crippen LogP contribution is -2.38. The van der Waals surface area contributed by atoms with Gasteiger partial charge >= 0.3 is 0 Å². The van der Waals surface area contributed by atoms with E-state index in [9.17, 15) is 14.8 Å². The van der Waals surface area contributed by atoms with Crippen molar-refractivity contribution >= 4 is 17.3 Å². The summed E-state index contributed by atoms with van der Waals surface area (Å²) in [6, 6.07) is 17.0. The van der Waals surface area contributed by atoms with Crippen LogP contribution in [0.2, 0.25) is 0 Å². The quantitative estimate of drug-likeness (QED) is 0.543. The molecule has 3 aromatic rings. The first-order valence-electron chi connectivity index (χ1n) is 9.13. The van der Waals surface area contributed by atoms with Gasteiger partial charge in [-0.2, -0.15) is 5.26 Å². The number of aliphatic hydroxyl groups excluding tert-OH is 1. The van der Waals surface area contributed by atoms with Gasteiger partial charge in [-0.25, -0.2) is 4.39 Å². The Morgan fingerprint density at radius 2 is 1.72 bits per heavy atom. The number of anilines is 1. The van der Waals surface area contributed by atoms with Crippen LogP contribution in [0.15, 0.2) is 54.6 Å². The Kier molecular flexibility index (Phi) is 5.22. The maximum absolute atomic E-state index is 14.2. The number of nitrogens with zero attached hydrogens (tertiary/aromatic N) is 5. The molecule has 1 N–H and O–H groups in total. The predicted molar refractivity (Wildman–Crippen MR) is 106 cm³/mol. The maximum atomic E-state index is 14.2. The van der Waals surface area contributed by atoms with Gasteiger partial charge in [-0.15, -0.1) is 10.2 Å². The van der Waals surface area contributed by atoms with Crippen LogP contribution >= 0.6 is 0 Å². The van der Waals surface area contributed by atoms with Crippen LogP contribution in [0.5, 0.6) is 0 Å². The number of aliphatic hydroxyl groups is 1. The summed E-state index contributed by atoms with van der Waals surface area (Å²) in [5, 5.41) is 29.0. The summed E-state index contributed by atoms with van der Waals surface area (Å²) in [6.45, 7) is 2.35. The Balaban J connectivity index is 1.91. The number of aromatic nitrogens is 3. The van der Waals surface area contributed by atoms with Gasteiger partial charge in [-0.05, 0) is 24.3 Å². The van der Waals surface area contributed by atoms with Gasteiger partial charge in [0.15, 0.2) is 5.82 Å². The van der Waals surface area contributed by atoms with Gasteiger partial charge in [0.05, 0.1) is 24.5 Å². The molecule has 4 rings (SSSR count). The maximum Gasteiger partial charge on any atom is 0.232 e. The number of hydrogen-bond donors (Lipinski definition) is 1. The molecule has 29 heavy (non-hydrogen) atoms. The van der Waals surface area contributed by atoms with Gasteiger partial charge in [-0.1, -0.05) is 30.3 Å². The van der Waals surface area contributed by atoms with E-state index in [1.165, 1.54) is 18.2 Å². The van der Waals surface area contributed by atoms with E-state index < -0.39 is 11.6 Å². The minimum atomic E-state index is -0.628. The smallest absolute Gasteiger partial charge is 0.232 e. The highest BCUT2D eigenvalue weighted by Crippen LogP contribution is 2.29. The molecule has 8 heteroatoms. The van der Waals surface area contributed by atoms with Crippen molar-refractivity contribution in [3.8, 4) is 11.8 Å². The first-order chi connectivity index (χ1) is 14.2. The number of allylic oxidation sites excluding steroid dienone is 1. The van der Waals surface area contributed by atoms with Crippen molar-refractivity contribution in [1.29, 1.82) is 5.26 Å². The third-order valence-electron chi connectivity index (χ3n) is 4.66. The van der Waals surface area contributed by atoms with E-state index in [4.69, 9.17) is 4.74 Å². The van der Waals surface area contributed by atoms with E-state index in [1.54, 1.807) is 10.6 Å². The molecule has 0 saturated carbocycles. The summed E-state index contributed by atoms with van der Waals surface area (Å²) < 4.78 is 21.3. The number of rotatable bonds is 4. The van der Waals surface area contributed by atoms with E-state index in [2.05, 4.69) is 10.2 Å². The van der Waals surface area contributed by atoms with E-state index in [0.29, 0.717) is 32.3 Å². The van der Waals surface area contributed by atoms with Crippen LogP contribution in [0, 0.1) is 17.1 Å². The Labute approximate surface area is 166 Å². The van der Waals surface area contributed by atoms with Gasteiger partial charge in [-0.3, -0.25) is 4.57 Å². The summed E-state index contributed by atoms with van der Waals surface area (Å²) in [6.07, 6.45) is 0. The molecule has 146 valence electrons. The average Bonchev–Trinajstić information content (AvgIpc) is 3.20. The molecule has 0 amide bonds. The lowest BCUT2D eigenvalue weighted by atomic mass is 10.1. The highest BCUT2D eigenvalue weighted by atomic mass is 19.1. The highest BCUT2D eigenvalue weighted by molar-refractivity contribution is 5.92. The lowest BCUT2D eigenvalue weighted by Gasteiger charge is -2.28. The molecule has 1 aromatic heterocycles. The fraction of sp³-hybridized carbons (Fsp3) is 0.190. The molecule has 1 saturated heterocycles.